The topological polar surface area (TPSA) is 98.0 Å². The number of rotatable bonds is 1. The minimum atomic E-state index is 0.126. The summed E-state index contributed by atoms with van der Waals surface area (Å²) in [4.78, 5) is 7.98. The Hall–Kier alpha value is -2.30. The third kappa shape index (κ3) is 1.75. The number of benzene rings is 1. The van der Waals surface area contributed by atoms with Crippen LogP contribution in [0.3, 0.4) is 0 Å². The second kappa shape index (κ2) is 3.69. The standard InChI is InChI=1S/C11H12N4O/c1-6-9(14-11(13)15-10(6)12)7-3-2-4-8(16)5-7/h2-5,16H,1H3,(H4,12,13,14,15). The van der Waals surface area contributed by atoms with Gasteiger partial charge in [0.2, 0.25) is 5.95 Å². The number of nitrogens with zero attached hydrogens (tertiary/aromatic N) is 2. The van der Waals surface area contributed by atoms with Crippen LogP contribution in [-0.4, -0.2) is 15.1 Å². The van der Waals surface area contributed by atoms with Crippen molar-refractivity contribution in [3.63, 3.8) is 0 Å². The zero-order chi connectivity index (χ0) is 11.7. The minimum absolute atomic E-state index is 0.126. The molecule has 1 aromatic carbocycles. The van der Waals surface area contributed by atoms with Crippen molar-refractivity contribution in [2.24, 2.45) is 0 Å². The second-order valence-corrected chi connectivity index (χ2v) is 3.49. The summed E-state index contributed by atoms with van der Waals surface area (Å²) in [5, 5.41) is 9.40. The molecule has 0 radical (unpaired) electrons. The van der Waals surface area contributed by atoms with E-state index in [0.717, 1.165) is 11.1 Å². The van der Waals surface area contributed by atoms with Gasteiger partial charge >= 0.3 is 0 Å². The molecule has 0 spiro atoms. The predicted octanol–water partition coefficient (Wildman–Crippen LogP) is 1.32. The van der Waals surface area contributed by atoms with Gasteiger partial charge in [0.05, 0.1) is 5.69 Å². The van der Waals surface area contributed by atoms with Crippen LogP contribution in [0.15, 0.2) is 24.3 Å². The fourth-order valence-corrected chi connectivity index (χ4v) is 1.49. The number of nitrogens with two attached hydrogens (primary N) is 2. The highest BCUT2D eigenvalue weighted by molar-refractivity contribution is 5.69. The number of aromatic nitrogens is 2. The number of nitrogen functional groups attached to an aromatic ring is 2. The summed E-state index contributed by atoms with van der Waals surface area (Å²) in [5.41, 5.74) is 13.4. The molecule has 5 nitrogen and oxygen atoms in total. The molecule has 1 heterocycles. The maximum Gasteiger partial charge on any atom is 0.222 e. The lowest BCUT2D eigenvalue weighted by atomic mass is 10.1. The van der Waals surface area contributed by atoms with Crippen molar-refractivity contribution in [3.05, 3.63) is 29.8 Å². The van der Waals surface area contributed by atoms with Crippen molar-refractivity contribution in [2.75, 3.05) is 11.5 Å². The molecule has 0 saturated heterocycles. The quantitative estimate of drug-likeness (QED) is 0.667. The lowest BCUT2D eigenvalue weighted by Crippen LogP contribution is -2.04. The van der Waals surface area contributed by atoms with E-state index in [1.54, 1.807) is 18.2 Å². The largest absolute Gasteiger partial charge is 0.508 e. The number of phenolic OH excluding ortho intramolecular Hbond substituents is 1. The molecular weight excluding hydrogens is 204 g/mol. The Bertz CT molecular complexity index is 540. The van der Waals surface area contributed by atoms with E-state index in [-0.39, 0.29) is 11.7 Å². The average Bonchev–Trinajstić information content (AvgIpc) is 2.23. The van der Waals surface area contributed by atoms with Crippen LogP contribution in [0.4, 0.5) is 11.8 Å². The van der Waals surface area contributed by atoms with E-state index in [1.807, 2.05) is 13.0 Å². The van der Waals surface area contributed by atoms with Gasteiger partial charge in [-0.3, -0.25) is 0 Å². The molecule has 0 amide bonds. The van der Waals surface area contributed by atoms with Gasteiger partial charge in [-0.2, -0.15) is 4.98 Å². The molecule has 1 aromatic heterocycles. The van der Waals surface area contributed by atoms with Gasteiger partial charge in [-0.15, -0.1) is 0 Å². The van der Waals surface area contributed by atoms with Crippen LogP contribution in [-0.2, 0) is 0 Å². The number of phenols is 1. The predicted molar refractivity (Wildman–Crippen MR) is 62.7 cm³/mol. The molecule has 16 heavy (non-hydrogen) atoms. The SMILES string of the molecule is Cc1c(N)nc(N)nc1-c1cccc(O)c1. The van der Waals surface area contributed by atoms with Gasteiger partial charge in [-0.1, -0.05) is 12.1 Å². The molecule has 2 aromatic rings. The van der Waals surface area contributed by atoms with Crippen LogP contribution in [0.25, 0.3) is 11.3 Å². The Labute approximate surface area is 92.8 Å². The number of hydrogen-bond donors (Lipinski definition) is 3. The van der Waals surface area contributed by atoms with E-state index < -0.39 is 0 Å². The molecule has 0 aliphatic carbocycles. The van der Waals surface area contributed by atoms with Gasteiger partial charge in [0.15, 0.2) is 0 Å². The highest BCUT2D eigenvalue weighted by atomic mass is 16.3. The molecule has 2 rings (SSSR count). The lowest BCUT2D eigenvalue weighted by molar-refractivity contribution is 0.475. The van der Waals surface area contributed by atoms with Gasteiger partial charge in [0.1, 0.15) is 11.6 Å². The third-order valence-corrected chi connectivity index (χ3v) is 2.32. The number of anilines is 2. The molecule has 0 saturated carbocycles. The summed E-state index contributed by atoms with van der Waals surface area (Å²) >= 11 is 0. The zero-order valence-electron chi connectivity index (χ0n) is 8.81. The molecule has 5 heteroatoms. The average molecular weight is 216 g/mol. The van der Waals surface area contributed by atoms with E-state index in [1.165, 1.54) is 0 Å². The van der Waals surface area contributed by atoms with Gasteiger partial charge in [-0.25, -0.2) is 4.98 Å². The smallest absolute Gasteiger partial charge is 0.222 e. The van der Waals surface area contributed by atoms with Crippen LogP contribution in [0.1, 0.15) is 5.56 Å². The first-order valence-electron chi connectivity index (χ1n) is 4.77. The Balaban J connectivity index is 2.64. The lowest BCUT2D eigenvalue weighted by Gasteiger charge is -2.08. The van der Waals surface area contributed by atoms with Crippen LogP contribution in [0.5, 0.6) is 5.75 Å². The maximum atomic E-state index is 9.40. The van der Waals surface area contributed by atoms with E-state index in [0.29, 0.717) is 11.5 Å². The van der Waals surface area contributed by atoms with Gasteiger partial charge in [0.25, 0.3) is 0 Å². The first-order valence-corrected chi connectivity index (χ1v) is 4.77. The maximum absolute atomic E-state index is 9.40. The summed E-state index contributed by atoms with van der Waals surface area (Å²) in [6.45, 7) is 1.81. The molecule has 0 aliphatic heterocycles. The van der Waals surface area contributed by atoms with Crippen LogP contribution in [0, 0.1) is 6.92 Å². The van der Waals surface area contributed by atoms with Crippen molar-refractivity contribution < 1.29 is 5.11 Å². The Kier molecular flexibility index (Phi) is 2.36. The Morgan fingerprint density at radius 3 is 2.62 bits per heavy atom. The summed E-state index contributed by atoms with van der Waals surface area (Å²) in [5.74, 6) is 0.653. The first-order chi connectivity index (χ1) is 7.58. The third-order valence-electron chi connectivity index (χ3n) is 2.32. The minimum Gasteiger partial charge on any atom is -0.508 e. The van der Waals surface area contributed by atoms with Crippen molar-refractivity contribution in [1.82, 2.24) is 9.97 Å². The summed E-state index contributed by atoms with van der Waals surface area (Å²) < 4.78 is 0. The fraction of sp³-hybridized carbons (Fsp3) is 0.0909. The monoisotopic (exact) mass is 216 g/mol. The molecule has 0 aliphatic rings. The van der Waals surface area contributed by atoms with Crippen molar-refractivity contribution in [3.8, 4) is 17.0 Å². The number of aromatic hydroxyl groups is 1. The molecule has 0 fully saturated rings. The van der Waals surface area contributed by atoms with Gasteiger partial charge in [-0.05, 0) is 19.1 Å². The summed E-state index contributed by atoms with van der Waals surface area (Å²) in [7, 11) is 0. The molecular formula is C11H12N4O. The normalized spacial score (nSPS) is 10.3. The first kappa shape index (κ1) is 10.2. The molecule has 0 atom stereocenters. The van der Waals surface area contributed by atoms with Crippen LogP contribution < -0.4 is 11.5 Å². The van der Waals surface area contributed by atoms with Crippen molar-refractivity contribution in [2.45, 2.75) is 6.92 Å². The molecule has 0 unspecified atom stereocenters. The molecule has 0 bridgehead atoms. The second-order valence-electron chi connectivity index (χ2n) is 3.49. The van der Waals surface area contributed by atoms with Gasteiger partial charge in [0, 0.05) is 11.1 Å². The van der Waals surface area contributed by atoms with E-state index in [2.05, 4.69) is 9.97 Å². The van der Waals surface area contributed by atoms with Crippen molar-refractivity contribution >= 4 is 11.8 Å². The summed E-state index contributed by atoms with van der Waals surface area (Å²) in [6, 6.07) is 6.76. The zero-order valence-corrected chi connectivity index (χ0v) is 8.81. The van der Waals surface area contributed by atoms with Crippen LogP contribution >= 0.6 is 0 Å². The van der Waals surface area contributed by atoms with E-state index in [9.17, 15) is 5.11 Å². The van der Waals surface area contributed by atoms with Crippen LogP contribution in [0.2, 0.25) is 0 Å². The Morgan fingerprint density at radius 2 is 1.94 bits per heavy atom. The highest BCUT2D eigenvalue weighted by Gasteiger charge is 2.09. The molecule has 5 N–H and O–H groups in total. The fourth-order valence-electron chi connectivity index (χ4n) is 1.49. The van der Waals surface area contributed by atoms with Crippen molar-refractivity contribution in [1.29, 1.82) is 0 Å². The highest BCUT2D eigenvalue weighted by Crippen LogP contribution is 2.27. The van der Waals surface area contributed by atoms with E-state index in [4.69, 9.17) is 11.5 Å². The molecule has 82 valence electrons. The Morgan fingerprint density at radius 1 is 1.19 bits per heavy atom. The summed E-state index contributed by atoms with van der Waals surface area (Å²) in [6.07, 6.45) is 0. The van der Waals surface area contributed by atoms with E-state index >= 15 is 0 Å². The van der Waals surface area contributed by atoms with Gasteiger partial charge < -0.3 is 16.6 Å². The number of hydrogen-bond acceptors (Lipinski definition) is 5.